The molecule has 0 fully saturated rings. The van der Waals surface area contributed by atoms with Crippen LogP contribution in [0, 0.1) is 0 Å². The summed E-state index contributed by atoms with van der Waals surface area (Å²) in [6.07, 6.45) is 0. The minimum absolute atomic E-state index is 0.465. The molecular formula is C83H49N5. The van der Waals surface area contributed by atoms with Crippen LogP contribution in [-0.4, -0.2) is 24.1 Å². The topological polar surface area (TPSA) is 48.5 Å². The van der Waals surface area contributed by atoms with Crippen LogP contribution in [0.15, 0.2) is 297 Å². The molecule has 13 aromatic carbocycles. The van der Waals surface area contributed by atoms with Crippen LogP contribution in [0.2, 0.25) is 0 Å². The van der Waals surface area contributed by atoms with Gasteiger partial charge in [0.05, 0.1) is 32.9 Å². The van der Waals surface area contributed by atoms with E-state index in [9.17, 15) is 0 Å². The highest BCUT2D eigenvalue weighted by Gasteiger charge is 2.54. The lowest BCUT2D eigenvalue weighted by atomic mass is 9.70. The van der Waals surface area contributed by atoms with Crippen molar-refractivity contribution in [3.63, 3.8) is 0 Å². The van der Waals surface area contributed by atoms with Gasteiger partial charge in [0.15, 0.2) is 11.6 Å². The van der Waals surface area contributed by atoms with E-state index < -0.39 is 10.8 Å². The van der Waals surface area contributed by atoms with Gasteiger partial charge in [-0.25, -0.2) is 4.98 Å². The summed E-state index contributed by atoms with van der Waals surface area (Å²) in [7, 11) is 0. The predicted octanol–water partition coefficient (Wildman–Crippen LogP) is 19.8. The van der Waals surface area contributed by atoms with E-state index in [1.54, 1.807) is 0 Å². The highest BCUT2D eigenvalue weighted by atomic mass is 15.2. The molecule has 3 aromatic heterocycles. The average Bonchev–Trinajstić information content (AvgIpc) is 1.52. The van der Waals surface area contributed by atoms with Crippen molar-refractivity contribution in [3.8, 4) is 90.0 Å². The molecule has 16 aromatic rings. The van der Waals surface area contributed by atoms with E-state index in [1.165, 1.54) is 105 Å². The number of nitrogens with zero attached hydrogens (tertiary/aromatic N) is 5. The van der Waals surface area contributed by atoms with E-state index in [0.29, 0.717) is 17.6 Å². The zero-order valence-corrected chi connectivity index (χ0v) is 47.5. The van der Waals surface area contributed by atoms with E-state index in [4.69, 9.17) is 15.0 Å². The van der Waals surface area contributed by atoms with Crippen LogP contribution in [0.1, 0.15) is 44.5 Å². The van der Waals surface area contributed by atoms with Gasteiger partial charge in [-0.2, -0.15) is 9.97 Å². The molecule has 0 radical (unpaired) electrons. The highest BCUT2D eigenvalue weighted by molar-refractivity contribution is 6.19. The number of benzene rings is 13. The Morgan fingerprint density at radius 3 is 1.00 bits per heavy atom. The van der Waals surface area contributed by atoms with Gasteiger partial charge in [-0.1, -0.05) is 261 Å². The molecule has 0 saturated heterocycles. The van der Waals surface area contributed by atoms with Gasteiger partial charge in [-0.15, -0.1) is 0 Å². The minimum atomic E-state index is -0.549. The Morgan fingerprint density at radius 2 is 0.580 bits per heavy atom. The van der Waals surface area contributed by atoms with Gasteiger partial charge >= 0.3 is 0 Å². The molecule has 0 N–H and O–H groups in total. The molecule has 0 unspecified atom stereocenters. The van der Waals surface area contributed by atoms with Crippen LogP contribution in [0.5, 0.6) is 0 Å². The number of fused-ring (bicyclic) bond motifs is 28. The maximum absolute atomic E-state index is 5.51. The maximum atomic E-state index is 5.51. The summed E-state index contributed by atoms with van der Waals surface area (Å²) in [6.45, 7) is 0. The molecule has 20 rings (SSSR count). The lowest BCUT2D eigenvalue weighted by Gasteiger charge is -2.30. The average molecular weight is 1120 g/mol. The van der Waals surface area contributed by atoms with Crippen molar-refractivity contribution in [1.82, 2.24) is 24.1 Å². The Kier molecular flexibility index (Phi) is 9.53. The molecule has 3 heterocycles. The zero-order chi connectivity index (χ0) is 57.4. The fraction of sp³-hybridized carbons (Fsp3) is 0.0241. The molecular weight excluding hydrogens is 1070 g/mol. The summed E-state index contributed by atoms with van der Waals surface area (Å²) in [5.41, 5.74) is 29.3. The maximum Gasteiger partial charge on any atom is 0.238 e. The van der Waals surface area contributed by atoms with Crippen molar-refractivity contribution in [2.24, 2.45) is 0 Å². The van der Waals surface area contributed by atoms with E-state index >= 15 is 0 Å². The van der Waals surface area contributed by atoms with Gasteiger partial charge in [-0.3, -0.25) is 4.57 Å². The quantitative estimate of drug-likeness (QED) is 0.173. The summed E-state index contributed by atoms with van der Waals surface area (Å²) >= 11 is 0. The Hall–Kier alpha value is -11.5. The smallest absolute Gasteiger partial charge is 0.238 e. The lowest BCUT2D eigenvalue weighted by Crippen LogP contribution is -2.25. The molecule has 5 heteroatoms. The predicted molar refractivity (Wildman–Crippen MR) is 357 cm³/mol. The van der Waals surface area contributed by atoms with Crippen molar-refractivity contribution >= 4 is 43.6 Å². The summed E-state index contributed by atoms with van der Waals surface area (Å²) in [5, 5.41) is 4.67. The van der Waals surface area contributed by atoms with Crippen molar-refractivity contribution in [3.05, 3.63) is 342 Å². The third-order valence-corrected chi connectivity index (χ3v) is 20.0. The van der Waals surface area contributed by atoms with Gasteiger partial charge in [0, 0.05) is 49.5 Å². The fourth-order valence-corrected chi connectivity index (χ4v) is 16.7. The second kappa shape index (κ2) is 17.5. The summed E-state index contributed by atoms with van der Waals surface area (Å²) in [5.74, 6) is 1.80. The first-order valence-electron chi connectivity index (χ1n) is 30.4. The van der Waals surface area contributed by atoms with Crippen molar-refractivity contribution in [2.75, 3.05) is 0 Å². The Labute approximate surface area is 507 Å². The third-order valence-electron chi connectivity index (χ3n) is 20.0. The van der Waals surface area contributed by atoms with Gasteiger partial charge in [0.25, 0.3) is 0 Å². The largest absolute Gasteiger partial charge is 0.309 e. The van der Waals surface area contributed by atoms with E-state index in [0.717, 1.165) is 55.3 Å². The molecule has 4 aliphatic rings. The minimum Gasteiger partial charge on any atom is -0.309 e. The number of rotatable bonds is 5. The van der Waals surface area contributed by atoms with Crippen LogP contribution in [0.25, 0.3) is 134 Å². The fourth-order valence-electron chi connectivity index (χ4n) is 16.7. The molecule has 4 aliphatic carbocycles. The molecule has 0 bridgehead atoms. The van der Waals surface area contributed by atoms with E-state index in [2.05, 4.69) is 294 Å². The summed E-state index contributed by atoms with van der Waals surface area (Å²) < 4.78 is 4.88. The van der Waals surface area contributed by atoms with E-state index in [1.807, 2.05) is 12.1 Å². The van der Waals surface area contributed by atoms with Crippen LogP contribution >= 0.6 is 0 Å². The second-order valence-electron chi connectivity index (χ2n) is 24.0. The zero-order valence-electron chi connectivity index (χ0n) is 47.5. The number of para-hydroxylation sites is 1. The van der Waals surface area contributed by atoms with Crippen molar-refractivity contribution < 1.29 is 0 Å². The van der Waals surface area contributed by atoms with Crippen molar-refractivity contribution in [2.45, 2.75) is 10.8 Å². The Bertz CT molecular complexity index is 5550. The Morgan fingerprint density at radius 1 is 0.239 bits per heavy atom. The monoisotopic (exact) mass is 1120 g/mol. The summed E-state index contributed by atoms with van der Waals surface area (Å²) in [4.78, 5) is 16.2. The normalized spacial score (nSPS) is 13.9. The Balaban J connectivity index is 0.858. The van der Waals surface area contributed by atoms with Crippen LogP contribution in [0.3, 0.4) is 0 Å². The molecule has 0 atom stereocenters. The first-order valence-corrected chi connectivity index (χ1v) is 30.4. The molecule has 0 saturated carbocycles. The number of hydrogen-bond donors (Lipinski definition) is 0. The van der Waals surface area contributed by atoms with Crippen LogP contribution in [0.4, 0.5) is 0 Å². The molecule has 5 nitrogen and oxygen atoms in total. The standard InChI is InChI=1S/C83H49N5/c1-4-22-50(23-5-1)79-84-80(51-24-6-2-7-25-51)86-81(85-79)88-74-47-41-53(49-64(74)60-43-45-72-76(78(60)88)62-33-15-21-39-70(62)83(72)67-36-18-12-30-57(67)58-31-13-19-37-68(58)83)52-40-46-73-63(48-52)59-42-44-71-75(77(59)87(73)54-26-8-3-9-27-54)61-32-14-20-38-69(61)82(71)65-34-16-10-28-55(65)56-29-11-17-35-66(56)82/h1-49H. The molecule has 0 aliphatic heterocycles. The number of aromatic nitrogens is 5. The van der Waals surface area contributed by atoms with Gasteiger partial charge in [0.1, 0.15) is 0 Å². The molecule has 406 valence electrons. The lowest BCUT2D eigenvalue weighted by molar-refractivity contribution is 0.794. The van der Waals surface area contributed by atoms with Gasteiger partial charge in [0.2, 0.25) is 5.95 Å². The van der Waals surface area contributed by atoms with E-state index in [-0.39, 0.29) is 0 Å². The number of hydrogen-bond acceptors (Lipinski definition) is 3. The molecule has 88 heavy (non-hydrogen) atoms. The third kappa shape index (κ3) is 6.02. The SMILES string of the molecule is c1ccc(-c2nc(-c3ccccc3)nc(-n3c4ccc(-c5ccc6c(c5)c5ccc7c(c5n6-c5ccccc5)-c5ccccc5C75c6ccccc6-c6ccccc65)cc4c4ccc5c(c43)-c3ccccc3C53c4ccccc4-c4ccccc43)n2)cc1. The highest BCUT2D eigenvalue weighted by Crippen LogP contribution is 2.66. The molecule has 2 spiro atoms. The van der Waals surface area contributed by atoms with Gasteiger partial charge in [-0.05, 0) is 125 Å². The van der Waals surface area contributed by atoms with Gasteiger partial charge < -0.3 is 4.57 Å². The van der Waals surface area contributed by atoms with Crippen molar-refractivity contribution in [1.29, 1.82) is 0 Å². The van der Waals surface area contributed by atoms with Crippen LogP contribution in [-0.2, 0) is 10.8 Å². The first kappa shape index (κ1) is 47.8. The second-order valence-corrected chi connectivity index (χ2v) is 24.0. The summed E-state index contributed by atoms with van der Waals surface area (Å²) in [6, 6.07) is 110. The molecule has 0 amide bonds. The first-order chi connectivity index (χ1) is 43.7. The van der Waals surface area contributed by atoms with Crippen LogP contribution < -0.4 is 0 Å².